The quantitative estimate of drug-likeness (QED) is 0.710. The summed E-state index contributed by atoms with van der Waals surface area (Å²) in [5, 5.41) is 1.35. The maximum atomic E-state index is 12.3. The second-order valence-electron chi connectivity index (χ2n) is 5.69. The van der Waals surface area contributed by atoms with Gasteiger partial charge in [-0.3, -0.25) is 4.72 Å². The molecule has 0 aliphatic rings. The lowest BCUT2D eigenvalue weighted by Gasteiger charge is -2.11. The van der Waals surface area contributed by atoms with Crippen molar-refractivity contribution >= 4 is 26.5 Å². The van der Waals surface area contributed by atoms with E-state index in [2.05, 4.69) is 11.3 Å². The lowest BCUT2D eigenvalue weighted by Crippen LogP contribution is -2.09. The topological polar surface area (TPSA) is 76.4 Å². The van der Waals surface area contributed by atoms with Crippen molar-refractivity contribution in [3.8, 4) is 11.3 Å². The van der Waals surface area contributed by atoms with Gasteiger partial charge in [0, 0.05) is 16.8 Å². The Morgan fingerprint density at radius 3 is 2.32 bits per heavy atom. The second kappa shape index (κ2) is 6.57. The monoisotopic (exact) mass is 355 g/mol. The third-order valence-electron chi connectivity index (χ3n) is 3.74. The summed E-state index contributed by atoms with van der Waals surface area (Å²) >= 11 is 0. The van der Waals surface area contributed by atoms with Gasteiger partial charge in [0.25, 0.3) is 0 Å². The van der Waals surface area contributed by atoms with Crippen LogP contribution < -0.4 is 10.3 Å². The van der Waals surface area contributed by atoms with Gasteiger partial charge in [0.05, 0.1) is 11.6 Å². The van der Waals surface area contributed by atoms with Gasteiger partial charge in [-0.25, -0.2) is 13.2 Å². The molecule has 0 aliphatic carbocycles. The summed E-state index contributed by atoms with van der Waals surface area (Å²) in [6.07, 6.45) is 3.39. The van der Waals surface area contributed by atoms with Gasteiger partial charge in [0.2, 0.25) is 10.0 Å². The first-order chi connectivity index (χ1) is 11.9. The maximum Gasteiger partial charge on any atom is 0.344 e. The van der Waals surface area contributed by atoms with Crippen LogP contribution in [0.2, 0.25) is 0 Å². The van der Waals surface area contributed by atoms with E-state index in [1.54, 1.807) is 42.5 Å². The molecule has 2 aromatic carbocycles. The van der Waals surface area contributed by atoms with E-state index < -0.39 is 15.6 Å². The van der Waals surface area contributed by atoms with Crippen LogP contribution in [0, 0.1) is 0 Å². The normalized spacial score (nSPS) is 11.4. The summed E-state index contributed by atoms with van der Waals surface area (Å²) in [6.45, 7) is 3.78. The fourth-order valence-electron chi connectivity index (χ4n) is 2.74. The highest BCUT2D eigenvalue weighted by molar-refractivity contribution is 7.92. The highest BCUT2D eigenvalue weighted by Crippen LogP contribution is 2.30. The van der Waals surface area contributed by atoms with Crippen LogP contribution in [-0.4, -0.2) is 14.7 Å². The third-order valence-corrected chi connectivity index (χ3v) is 4.35. The highest BCUT2D eigenvalue weighted by Gasteiger charge is 2.14. The Labute approximate surface area is 145 Å². The first kappa shape index (κ1) is 17.0. The lowest BCUT2D eigenvalue weighted by atomic mass is 9.99. The molecule has 128 valence electrons. The van der Waals surface area contributed by atoms with Crippen LogP contribution in [0.4, 0.5) is 5.69 Å². The molecule has 1 N–H and O–H groups in total. The van der Waals surface area contributed by atoms with Gasteiger partial charge in [-0.05, 0) is 42.1 Å². The highest BCUT2D eigenvalue weighted by atomic mass is 32.2. The largest absolute Gasteiger partial charge is 0.422 e. The lowest BCUT2D eigenvalue weighted by molar-refractivity contribution is 0.530. The summed E-state index contributed by atoms with van der Waals surface area (Å²) in [4.78, 5) is 12.3. The summed E-state index contributed by atoms with van der Waals surface area (Å²) in [5.41, 5.74) is 1.60. The van der Waals surface area contributed by atoms with Gasteiger partial charge >= 0.3 is 5.63 Å². The van der Waals surface area contributed by atoms with Crippen molar-refractivity contribution in [3.05, 3.63) is 77.2 Å². The SMILES string of the molecule is C=CCc1c(-c2ccc(NS(C)(=O)=O)cc2)oc(=O)c2ccccc12. The molecule has 0 saturated carbocycles. The van der Waals surface area contributed by atoms with E-state index in [9.17, 15) is 13.2 Å². The molecule has 0 saturated heterocycles. The zero-order valence-electron chi connectivity index (χ0n) is 13.7. The smallest absolute Gasteiger partial charge is 0.344 e. The number of hydrogen-bond acceptors (Lipinski definition) is 4. The van der Waals surface area contributed by atoms with E-state index in [1.807, 2.05) is 12.1 Å². The number of hydrogen-bond donors (Lipinski definition) is 1. The maximum absolute atomic E-state index is 12.3. The van der Waals surface area contributed by atoms with Crippen LogP contribution in [0.25, 0.3) is 22.1 Å². The number of allylic oxidation sites excluding steroid dienone is 1. The van der Waals surface area contributed by atoms with Crippen molar-refractivity contribution in [2.24, 2.45) is 0 Å². The zero-order valence-corrected chi connectivity index (χ0v) is 14.5. The molecular weight excluding hydrogens is 338 g/mol. The Morgan fingerprint density at radius 2 is 1.72 bits per heavy atom. The Kier molecular flexibility index (Phi) is 4.46. The number of fused-ring (bicyclic) bond motifs is 1. The molecule has 1 heterocycles. The Bertz CT molecular complexity index is 1100. The summed E-state index contributed by atoms with van der Waals surface area (Å²) in [6, 6.07) is 14.0. The summed E-state index contributed by atoms with van der Waals surface area (Å²) < 4.78 is 30.6. The van der Waals surface area contributed by atoms with Crippen LogP contribution in [-0.2, 0) is 16.4 Å². The van der Waals surface area contributed by atoms with Gasteiger partial charge in [-0.2, -0.15) is 0 Å². The fraction of sp³-hybridized carbons (Fsp3) is 0.105. The summed E-state index contributed by atoms with van der Waals surface area (Å²) in [7, 11) is -3.34. The average Bonchev–Trinajstić information content (AvgIpc) is 2.57. The predicted molar refractivity (Wildman–Crippen MR) is 100 cm³/mol. The minimum atomic E-state index is -3.34. The first-order valence-corrected chi connectivity index (χ1v) is 9.52. The standard InChI is InChI=1S/C19H17NO4S/c1-3-6-16-15-7-4-5-8-17(15)19(21)24-18(16)13-9-11-14(12-10-13)20-25(2,22)23/h3-5,7-12,20H,1,6H2,2H3. The molecule has 0 bridgehead atoms. The molecule has 0 unspecified atom stereocenters. The van der Waals surface area contributed by atoms with Gasteiger partial charge in [-0.1, -0.05) is 24.3 Å². The molecule has 0 spiro atoms. The van der Waals surface area contributed by atoms with Gasteiger partial charge in [0.1, 0.15) is 5.76 Å². The molecule has 0 aliphatic heterocycles. The number of anilines is 1. The number of rotatable bonds is 5. The van der Waals surface area contributed by atoms with E-state index in [0.717, 1.165) is 17.2 Å². The van der Waals surface area contributed by atoms with Crippen LogP contribution in [0.3, 0.4) is 0 Å². The summed E-state index contributed by atoms with van der Waals surface area (Å²) in [5.74, 6) is 0.467. The van der Waals surface area contributed by atoms with Crippen molar-refractivity contribution in [1.29, 1.82) is 0 Å². The third kappa shape index (κ3) is 3.64. The van der Waals surface area contributed by atoms with Gasteiger partial charge in [-0.15, -0.1) is 6.58 Å². The Morgan fingerprint density at radius 1 is 1.08 bits per heavy atom. The molecule has 5 nitrogen and oxygen atoms in total. The number of sulfonamides is 1. The second-order valence-corrected chi connectivity index (χ2v) is 7.44. The number of benzene rings is 2. The fourth-order valence-corrected chi connectivity index (χ4v) is 3.30. The average molecular weight is 355 g/mol. The van der Waals surface area contributed by atoms with Crippen LogP contribution in [0.1, 0.15) is 5.56 Å². The van der Waals surface area contributed by atoms with E-state index in [0.29, 0.717) is 28.8 Å². The van der Waals surface area contributed by atoms with Crippen LogP contribution in [0.15, 0.2) is 70.4 Å². The zero-order chi connectivity index (χ0) is 18.0. The van der Waals surface area contributed by atoms with Crippen molar-refractivity contribution < 1.29 is 12.8 Å². The Balaban J connectivity index is 2.16. The molecule has 3 rings (SSSR count). The molecular formula is C19H17NO4S. The first-order valence-electron chi connectivity index (χ1n) is 7.63. The minimum absolute atomic E-state index is 0.406. The van der Waals surface area contributed by atoms with Crippen molar-refractivity contribution in [2.75, 3.05) is 11.0 Å². The molecule has 25 heavy (non-hydrogen) atoms. The molecule has 0 radical (unpaired) electrons. The molecule has 3 aromatic rings. The number of nitrogens with one attached hydrogen (secondary N) is 1. The van der Waals surface area contributed by atoms with Crippen molar-refractivity contribution in [1.82, 2.24) is 0 Å². The van der Waals surface area contributed by atoms with E-state index in [4.69, 9.17) is 4.42 Å². The van der Waals surface area contributed by atoms with Gasteiger partial charge < -0.3 is 4.42 Å². The molecule has 0 fully saturated rings. The predicted octanol–water partition coefficient (Wildman–Crippen LogP) is 3.56. The Hall–Kier alpha value is -2.86. The molecule has 0 atom stereocenters. The van der Waals surface area contributed by atoms with E-state index in [-0.39, 0.29) is 0 Å². The van der Waals surface area contributed by atoms with E-state index in [1.165, 1.54) is 0 Å². The van der Waals surface area contributed by atoms with Crippen molar-refractivity contribution in [2.45, 2.75) is 6.42 Å². The minimum Gasteiger partial charge on any atom is -0.422 e. The van der Waals surface area contributed by atoms with Crippen LogP contribution >= 0.6 is 0 Å². The van der Waals surface area contributed by atoms with Crippen molar-refractivity contribution in [3.63, 3.8) is 0 Å². The van der Waals surface area contributed by atoms with Gasteiger partial charge in [0.15, 0.2) is 0 Å². The van der Waals surface area contributed by atoms with Crippen LogP contribution in [0.5, 0.6) is 0 Å². The molecule has 0 amide bonds. The molecule has 1 aromatic heterocycles. The van der Waals surface area contributed by atoms with E-state index >= 15 is 0 Å². The molecule has 6 heteroatoms.